The Balaban J connectivity index is 1.69. The predicted octanol–water partition coefficient (Wildman–Crippen LogP) is 5.08. The molecule has 1 heterocycles. The molecule has 4 rings (SSSR count). The molecular weight excluding hydrogens is 362 g/mol. The Labute approximate surface area is 168 Å². The molecule has 0 spiro atoms. The Bertz CT molecular complexity index is 1130. The highest BCUT2D eigenvalue weighted by molar-refractivity contribution is 5.91. The average molecular weight is 381 g/mol. The second-order valence-electron chi connectivity index (χ2n) is 6.37. The molecule has 0 saturated carbocycles. The van der Waals surface area contributed by atoms with Gasteiger partial charge >= 0.3 is 5.97 Å². The lowest BCUT2D eigenvalue weighted by Gasteiger charge is -2.03. The van der Waals surface area contributed by atoms with E-state index in [2.05, 4.69) is 4.99 Å². The van der Waals surface area contributed by atoms with Gasteiger partial charge in [-0.05, 0) is 29.8 Å². The van der Waals surface area contributed by atoms with Gasteiger partial charge in [0, 0.05) is 17.8 Å². The summed E-state index contributed by atoms with van der Waals surface area (Å²) in [4.78, 5) is 16.2. The molecular formula is C24H19N3O2. The zero-order valence-corrected chi connectivity index (χ0v) is 15.9. The molecule has 3 aromatic carbocycles. The van der Waals surface area contributed by atoms with Gasteiger partial charge in [-0.2, -0.15) is 5.10 Å². The van der Waals surface area contributed by atoms with Gasteiger partial charge in [0.25, 0.3) is 0 Å². The van der Waals surface area contributed by atoms with Crippen LogP contribution >= 0.6 is 0 Å². The minimum Gasteiger partial charge on any atom is -0.465 e. The van der Waals surface area contributed by atoms with Gasteiger partial charge in [0.2, 0.25) is 0 Å². The van der Waals surface area contributed by atoms with Crippen molar-refractivity contribution in [2.45, 2.75) is 0 Å². The number of benzene rings is 3. The molecule has 0 amide bonds. The van der Waals surface area contributed by atoms with Crippen LogP contribution < -0.4 is 0 Å². The zero-order valence-electron chi connectivity index (χ0n) is 15.9. The summed E-state index contributed by atoms with van der Waals surface area (Å²) < 4.78 is 6.55. The third-order valence-electron chi connectivity index (χ3n) is 4.44. The van der Waals surface area contributed by atoms with Crippen LogP contribution in [0.1, 0.15) is 15.9 Å². The van der Waals surface area contributed by atoms with Crippen LogP contribution in [0.4, 0.5) is 5.82 Å². The monoisotopic (exact) mass is 381 g/mol. The summed E-state index contributed by atoms with van der Waals surface area (Å²) in [6, 6.07) is 29.0. The third kappa shape index (κ3) is 4.14. The van der Waals surface area contributed by atoms with E-state index in [1.165, 1.54) is 7.11 Å². The Morgan fingerprint density at radius 3 is 2.24 bits per heavy atom. The fourth-order valence-electron chi connectivity index (χ4n) is 2.94. The average Bonchev–Trinajstić information content (AvgIpc) is 3.23. The maximum Gasteiger partial charge on any atom is 0.337 e. The molecule has 0 radical (unpaired) electrons. The van der Waals surface area contributed by atoms with Crippen LogP contribution in [-0.4, -0.2) is 29.1 Å². The second-order valence-corrected chi connectivity index (χ2v) is 6.37. The van der Waals surface area contributed by atoms with E-state index in [4.69, 9.17) is 9.84 Å². The molecule has 0 aliphatic rings. The quantitative estimate of drug-likeness (QED) is 0.358. The fourth-order valence-corrected chi connectivity index (χ4v) is 2.94. The van der Waals surface area contributed by atoms with E-state index in [0.29, 0.717) is 11.4 Å². The topological polar surface area (TPSA) is 56.5 Å². The fraction of sp³-hybridized carbons (Fsp3) is 0.0417. The summed E-state index contributed by atoms with van der Waals surface area (Å²) in [7, 11) is 1.37. The smallest absolute Gasteiger partial charge is 0.337 e. The van der Waals surface area contributed by atoms with E-state index in [9.17, 15) is 4.79 Å². The number of carbonyl (C=O) groups excluding carboxylic acids is 1. The highest BCUT2D eigenvalue weighted by atomic mass is 16.5. The number of ether oxygens (including phenoxy) is 1. The molecule has 0 unspecified atom stereocenters. The van der Waals surface area contributed by atoms with Gasteiger partial charge in [0.15, 0.2) is 5.82 Å². The molecule has 5 nitrogen and oxygen atoms in total. The van der Waals surface area contributed by atoms with Crippen molar-refractivity contribution in [1.29, 1.82) is 0 Å². The SMILES string of the molecule is COC(=O)c1ccc(C=Nc2cc(-c3ccccc3)nn2-c2ccccc2)cc1. The standard InChI is InChI=1S/C24H19N3O2/c1-29-24(28)20-14-12-18(13-15-20)17-25-23-16-22(19-8-4-2-5-9-19)26-27(23)21-10-6-3-7-11-21/h2-17H,1H3. The Morgan fingerprint density at radius 1 is 0.931 bits per heavy atom. The number of rotatable bonds is 5. The normalized spacial score (nSPS) is 10.9. The van der Waals surface area contributed by atoms with Crippen molar-refractivity contribution in [2.24, 2.45) is 4.99 Å². The van der Waals surface area contributed by atoms with Gasteiger partial charge < -0.3 is 4.74 Å². The van der Waals surface area contributed by atoms with Crippen molar-refractivity contribution in [2.75, 3.05) is 7.11 Å². The summed E-state index contributed by atoms with van der Waals surface area (Å²) in [5.74, 6) is 0.357. The van der Waals surface area contributed by atoms with Crippen molar-refractivity contribution >= 4 is 18.0 Å². The number of hydrogen-bond acceptors (Lipinski definition) is 4. The summed E-state index contributed by atoms with van der Waals surface area (Å²) >= 11 is 0. The lowest BCUT2D eigenvalue weighted by atomic mass is 10.1. The number of nitrogens with zero attached hydrogens (tertiary/aromatic N) is 3. The van der Waals surface area contributed by atoms with E-state index in [-0.39, 0.29) is 5.97 Å². The van der Waals surface area contributed by atoms with E-state index in [1.807, 2.05) is 83.5 Å². The number of hydrogen-bond donors (Lipinski definition) is 0. The summed E-state index contributed by atoms with van der Waals surface area (Å²) in [6.07, 6.45) is 1.76. The van der Waals surface area contributed by atoms with Gasteiger partial charge in [-0.3, -0.25) is 0 Å². The highest BCUT2D eigenvalue weighted by Gasteiger charge is 2.10. The predicted molar refractivity (Wildman–Crippen MR) is 114 cm³/mol. The van der Waals surface area contributed by atoms with Crippen LogP contribution in [0, 0.1) is 0 Å². The number of aromatic nitrogens is 2. The Hall–Kier alpha value is -3.99. The van der Waals surface area contributed by atoms with Crippen LogP contribution in [-0.2, 0) is 4.74 Å². The number of methoxy groups -OCH3 is 1. The Morgan fingerprint density at radius 2 is 1.59 bits per heavy atom. The first-order valence-electron chi connectivity index (χ1n) is 9.18. The summed E-state index contributed by atoms with van der Waals surface area (Å²) in [5, 5.41) is 4.75. The highest BCUT2D eigenvalue weighted by Crippen LogP contribution is 2.26. The minimum absolute atomic E-state index is 0.358. The van der Waals surface area contributed by atoms with E-state index >= 15 is 0 Å². The molecule has 0 aliphatic heterocycles. The first kappa shape index (κ1) is 18.4. The summed E-state index contributed by atoms with van der Waals surface area (Å²) in [5.41, 5.74) is 4.19. The van der Waals surface area contributed by atoms with Crippen molar-refractivity contribution in [3.8, 4) is 16.9 Å². The van der Waals surface area contributed by atoms with E-state index in [1.54, 1.807) is 18.3 Å². The van der Waals surface area contributed by atoms with Gasteiger partial charge in [-0.25, -0.2) is 14.5 Å². The van der Waals surface area contributed by atoms with Crippen molar-refractivity contribution in [3.05, 3.63) is 102 Å². The number of aliphatic imine (C=N–C) groups is 1. The minimum atomic E-state index is -0.358. The van der Waals surface area contributed by atoms with Gasteiger partial charge in [-0.1, -0.05) is 60.7 Å². The number of para-hydroxylation sites is 1. The molecule has 4 aromatic rings. The van der Waals surface area contributed by atoms with Crippen molar-refractivity contribution in [3.63, 3.8) is 0 Å². The van der Waals surface area contributed by atoms with E-state index < -0.39 is 0 Å². The molecule has 0 atom stereocenters. The largest absolute Gasteiger partial charge is 0.465 e. The molecule has 0 bridgehead atoms. The molecule has 5 heteroatoms. The number of esters is 1. The van der Waals surface area contributed by atoms with Crippen LogP contribution in [0.5, 0.6) is 0 Å². The van der Waals surface area contributed by atoms with Crippen LogP contribution in [0.15, 0.2) is 96.0 Å². The van der Waals surface area contributed by atoms with Gasteiger partial charge in [-0.15, -0.1) is 0 Å². The molecule has 0 fully saturated rings. The maximum absolute atomic E-state index is 11.6. The third-order valence-corrected chi connectivity index (χ3v) is 4.44. The van der Waals surface area contributed by atoms with Crippen LogP contribution in [0.2, 0.25) is 0 Å². The lowest BCUT2D eigenvalue weighted by Crippen LogP contribution is -2.00. The molecule has 1 aromatic heterocycles. The molecule has 0 saturated heterocycles. The zero-order chi connectivity index (χ0) is 20.1. The van der Waals surface area contributed by atoms with Crippen LogP contribution in [0.25, 0.3) is 16.9 Å². The van der Waals surface area contributed by atoms with Gasteiger partial charge in [0.1, 0.15) is 0 Å². The molecule has 142 valence electrons. The van der Waals surface area contributed by atoms with Crippen molar-refractivity contribution < 1.29 is 9.53 Å². The van der Waals surface area contributed by atoms with Crippen molar-refractivity contribution in [1.82, 2.24) is 9.78 Å². The van der Waals surface area contributed by atoms with Gasteiger partial charge in [0.05, 0.1) is 24.1 Å². The first-order chi connectivity index (χ1) is 14.2. The number of carbonyl (C=O) groups is 1. The second kappa shape index (κ2) is 8.35. The Kier molecular flexibility index (Phi) is 5.29. The molecule has 0 aliphatic carbocycles. The molecule has 0 N–H and O–H groups in total. The maximum atomic E-state index is 11.6. The first-order valence-corrected chi connectivity index (χ1v) is 9.18. The van der Waals surface area contributed by atoms with Crippen LogP contribution in [0.3, 0.4) is 0 Å². The molecule has 29 heavy (non-hydrogen) atoms. The van der Waals surface area contributed by atoms with E-state index in [0.717, 1.165) is 22.5 Å². The lowest BCUT2D eigenvalue weighted by molar-refractivity contribution is 0.0600. The summed E-state index contributed by atoms with van der Waals surface area (Å²) in [6.45, 7) is 0.